The number of nitrogens with two attached hydrogens (primary N) is 1. The van der Waals surface area contributed by atoms with Crippen LogP contribution in [0.5, 0.6) is 0 Å². The van der Waals surface area contributed by atoms with Crippen LogP contribution in [0.3, 0.4) is 0 Å². The zero-order valence-corrected chi connectivity index (χ0v) is 11.7. The number of rotatable bonds is 6. The summed E-state index contributed by atoms with van der Waals surface area (Å²) in [4.78, 5) is 15.0. The highest BCUT2D eigenvalue weighted by molar-refractivity contribution is 7.09. The van der Waals surface area contributed by atoms with Gasteiger partial charge in [-0.3, -0.25) is 4.79 Å². The molecule has 0 spiro atoms. The molecule has 0 bridgehead atoms. The molecule has 1 amide bonds. The molecule has 0 aromatic carbocycles. The van der Waals surface area contributed by atoms with Gasteiger partial charge in [0, 0.05) is 18.5 Å². The van der Waals surface area contributed by atoms with E-state index in [0.717, 1.165) is 19.4 Å². The fourth-order valence-electron chi connectivity index (χ4n) is 1.73. The highest BCUT2D eigenvalue weighted by Gasteiger charge is 2.18. The minimum Gasteiger partial charge on any atom is -0.344 e. The van der Waals surface area contributed by atoms with E-state index in [2.05, 4.69) is 25.3 Å². The Bertz CT molecular complexity index is 335. The van der Waals surface area contributed by atoms with Crippen LogP contribution < -0.4 is 5.73 Å². The third-order valence-electron chi connectivity index (χ3n) is 2.69. The Balaban J connectivity index is 2.36. The molecule has 1 rings (SSSR count). The molecule has 3 nitrogen and oxygen atoms in total. The van der Waals surface area contributed by atoms with Crippen molar-refractivity contribution in [3.05, 3.63) is 22.4 Å². The van der Waals surface area contributed by atoms with Gasteiger partial charge in [0.1, 0.15) is 0 Å². The van der Waals surface area contributed by atoms with E-state index in [-0.39, 0.29) is 11.9 Å². The normalized spacial score (nSPS) is 12.8. The Morgan fingerprint density at radius 1 is 1.53 bits per heavy atom. The first-order valence-electron chi connectivity index (χ1n) is 6.03. The maximum absolute atomic E-state index is 11.9. The first kappa shape index (κ1) is 14.2. The number of thiophene rings is 1. The molecule has 1 unspecified atom stereocenters. The summed E-state index contributed by atoms with van der Waals surface area (Å²) < 4.78 is 0. The Labute approximate surface area is 108 Å². The van der Waals surface area contributed by atoms with Crippen LogP contribution in [0.25, 0.3) is 0 Å². The summed E-state index contributed by atoms with van der Waals surface area (Å²) in [5.74, 6) is 0.509. The molecule has 0 saturated heterocycles. The topological polar surface area (TPSA) is 46.3 Å². The van der Waals surface area contributed by atoms with Crippen molar-refractivity contribution in [3.63, 3.8) is 0 Å². The highest BCUT2D eigenvalue weighted by Crippen LogP contribution is 2.10. The average molecular weight is 254 g/mol. The van der Waals surface area contributed by atoms with Crippen molar-refractivity contribution in [2.75, 3.05) is 13.6 Å². The van der Waals surface area contributed by atoms with Crippen molar-refractivity contribution >= 4 is 17.2 Å². The SMILES string of the molecule is CC(C)CC(N)C(=O)N(C)CCc1cccs1. The van der Waals surface area contributed by atoms with E-state index in [1.165, 1.54) is 4.88 Å². The Hall–Kier alpha value is -0.870. The Morgan fingerprint density at radius 2 is 2.24 bits per heavy atom. The van der Waals surface area contributed by atoms with Gasteiger partial charge in [-0.05, 0) is 30.2 Å². The first-order chi connectivity index (χ1) is 8.00. The van der Waals surface area contributed by atoms with Gasteiger partial charge >= 0.3 is 0 Å². The molecule has 0 aliphatic carbocycles. The Morgan fingerprint density at radius 3 is 2.76 bits per heavy atom. The third-order valence-corrected chi connectivity index (χ3v) is 3.63. The maximum Gasteiger partial charge on any atom is 0.239 e. The van der Waals surface area contributed by atoms with Gasteiger partial charge in [-0.25, -0.2) is 0 Å². The van der Waals surface area contributed by atoms with E-state index in [1.54, 1.807) is 16.2 Å². The van der Waals surface area contributed by atoms with Gasteiger partial charge < -0.3 is 10.6 Å². The number of hydrogen-bond acceptors (Lipinski definition) is 3. The summed E-state index contributed by atoms with van der Waals surface area (Å²) in [6.07, 6.45) is 1.66. The van der Waals surface area contributed by atoms with Crippen LogP contribution in [0.2, 0.25) is 0 Å². The summed E-state index contributed by atoms with van der Waals surface area (Å²) in [6, 6.07) is 3.77. The molecule has 0 aliphatic heterocycles. The molecule has 96 valence electrons. The van der Waals surface area contributed by atoms with E-state index in [0.29, 0.717) is 5.92 Å². The second-order valence-corrected chi connectivity index (χ2v) is 5.86. The summed E-state index contributed by atoms with van der Waals surface area (Å²) in [7, 11) is 1.83. The first-order valence-corrected chi connectivity index (χ1v) is 6.91. The molecule has 0 radical (unpaired) electrons. The second-order valence-electron chi connectivity index (χ2n) is 4.83. The van der Waals surface area contributed by atoms with Crippen molar-refractivity contribution in [1.29, 1.82) is 0 Å². The minimum absolute atomic E-state index is 0.0512. The molecule has 1 aromatic heterocycles. The molecule has 1 atom stereocenters. The number of nitrogens with zero attached hydrogens (tertiary/aromatic N) is 1. The second kappa shape index (κ2) is 6.77. The molecule has 17 heavy (non-hydrogen) atoms. The highest BCUT2D eigenvalue weighted by atomic mass is 32.1. The van der Waals surface area contributed by atoms with Crippen molar-refractivity contribution in [2.45, 2.75) is 32.7 Å². The predicted molar refractivity (Wildman–Crippen MR) is 73.1 cm³/mol. The Kier molecular flexibility index (Phi) is 5.65. The van der Waals surface area contributed by atoms with Crippen LogP contribution in [0.15, 0.2) is 17.5 Å². The van der Waals surface area contributed by atoms with Crippen LogP contribution >= 0.6 is 11.3 Å². The zero-order chi connectivity index (χ0) is 12.8. The van der Waals surface area contributed by atoms with Crippen molar-refractivity contribution < 1.29 is 4.79 Å². The molecular weight excluding hydrogens is 232 g/mol. The van der Waals surface area contributed by atoms with Gasteiger partial charge in [-0.2, -0.15) is 0 Å². The van der Waals surface area contributed by atoms with Gasteiger partial charge in [0.25, 0.3) is 0 Å². The molecule has 0 fully saturated rings. The average Bonchev–Trinajstić information content (AvgIpc) is 2.76. The van der Waals surface area contributed by atoms with Gasteiger partial charge in [0.2, 0.25) is 5.91 Å². The molecule has 1 heterocycles. The summed E-state index contributed by atoms with van der Waals surface area (Å²) in [5.41, 5.74) is 5.88. The van der Waals surface area contributed by atoms with Crippen molar-refractivity contribution in [1.82, 2.24) is 4.90 Å². The monoisotopic (exact) mass is 254 g/mol. The van der Waals surface area contributed by atoms with E-state index in [4.69, 9.17) is 5.73 Å². The molecular formula is C13H22N2OS. The van der Waals surface area contributed by atoms with E-state index in [9.17, 15) is 4.79 Å². The zero-order valence-electron chi connectivity index (χ0n) is 10.8. The van der Waals surface area contributed by atoms with Crippen LogP contribution in [0.1, 0.15) is 25.1 Å². The van der Waals surface area contributed by atoms with Crippen LogP contribution in [0, 0.1) is 5.92 Å². The number of hydrogen-bond donors (Lipinski definition) is 1. The van der Waals surface area contributed by atoms with Crippen LogP contribution in [-0.4, -0.2) is 30.4 Å². The lowest BCUT2D eigenvalue weighted by Crippen LogP contribution is -2.43. The molecule has 1 aromatic rings. The van der Waals surface area contributed by atoms with Crippen molar-refractivity contribution in [2.24, 2.45) is 11.7 Å². The summed E-state index contributed by atoms with van der Waals surface area (Å²) in [6.45, 7) is 4.91. The maximum atomic E-state index is 11.9. The van der Waals surface area contributed by atoms with Crippen molar-refractivity contribution in [3.8, 4) is 0 Å². The van der Waals surface area contributed by atoms with Crippen LogP contribution in [0.4, 0.5) is 0 Å². The summed E-state index contributed by atoms with van der Waals surface area (Å²) in [5, 5.41) is 2.06. The smallest absolute Gasteiger partial charge is 0.239 e. The van der Waals surface area contributed by atoms with Gasteiger partial charge in [-0.15, -0.1) is 11.3 Å². The van der Waals surface area contributed by atoms with E-state index < -0.39 is 0 Å². The van der Waals surface area contributed by atoms with Gasteiger partial charge in [0.05, 0.1) is 6.04 Å². The summed E-state index contributed by atoms with van der Waals surface area (Å²) >= 11 is 1.73. The predicted octanol–water partition coefficient (Wildman–Crippen LogP) is 2.12. The standard InChI is InChI=1S/C13H22N2OS/c1-10(2)9-12(14)13(16)15(3)7-6-11-5-4-8-17-11/h4-5,8,10,12H,6-7,9,14H2,1-3H3. The lowest BCUT2D eigenvalue weighted by atomic mass is 10.0. The van der Waals surface area contributed by atoms with E-state index in [1.807, 2.05) is 13.1 Å². The fourth-order valence-corrected chi connectivity index (χ4v) is 2.43. The number of amides is 1. The molecule has 4 heteroatoms. The number of carbonyl (C=O) groups is 1. The largest absolute Gasteiger partial charge is 0.344 e. The minimum atomic E-state index is -0.358. The molecule has 0 aliphatic rings. The lowest BCUT2D eigenvalue weighted by Gasteiger charge is -2.22. The van der Waals surface area contributed by atoms with Crippen LogP contribution in [-0.2, 0) is 11.2 Å². The molecule has 2 N–H and O–H groups in total. The molecule has 0 saturated carbocycles. The number of carbonyl (C=O) groups excluding carboxylic acids is 1. The fraction of sp³-hybridized carbons (Fsp3) is 0.615. The quantitative estimate of drug-likeness (QED) is 0.845. The van der Waals surface area contributed by atoms with E-state index >= 15 is 0 Å². The van der Waals surface area contributed by atoms with Gasteiger partial charge in [0.15, 0.2) is 0 Å². The third kappa shape index (κ3) is 4.88. The lowest BCUT2D eigenvalue weighted by molar-refractivity contribution is -0.131. The number of likely N-dealkylation sites (N-methyl/N-ethyl adjacent to an activating group) is 1. The van der Waals surface area contributed by atoms with Gasteiger partial charge in [-0.1, -0.05) is 19.9 Å².